The third kappa shape index (κ3) is 4.10. The maximum Gasteiger partial charge on any atom is 0.253 e. The average Bonchev–Trinajstić information content (AvgIpc) is 3.16. The van der Waals surface area contributed by atoms with E-state index < -0.39 is 21.8 Å². The number of carbonyl (C=O) groups excluding carboxylic acids is 1. The molecular formula is C23H18ClNO4S. The van der Waals surface area contributed by atoms with Gasteiger partial charge in [0.15, 0.2) is 9.84 Å². The van der Waals surface area contributed by atoms with Crippen molar-refractivity contribution in [2.45, 2.75) is 10.9 Å². The van der Waals surface area contributed by atoms with Gasteiger partial charge >= 0.3 is 0 Å². The molecule has 0 aliphatic carbocycles. The number of hydrogen-bond acceptors (Lipinski definition) is 4. The molecule has 0 aliphatic heterocycles. The zero-order chi connectivity index (χ0) is 21.3. The highest BCUT2D eigenvalue weighted by Gasteiger charge is 2.23. The third-order valence-electron chi connectivity index (χ3n) is 4.75. The molecule has 7 heteroatoms. The molecule has 1 N–H and O–H groups in total. The largest absolute Gasteiger partial charge is 0.459 e. The van der Waals surface area contributed by atoms with E-state index in [4.69, 9.17) is 16.0 Å². The number of hydrogen-bond donors (Lipinski definition) is 1. The van der Waals surface area contributed by atoms with Crippen LogP contribution in [-0.4, -0.2) is 20.6 Å². The van der Waals surface area contributed by atoms with Gasteiger partial charge in [0.25, 0.3) is 5.91 Å². The molecule has 0 aliphatic rings. The van der Waals surface area contributed by atoms with Crippen LogP contribution < -0.4 is 5.32 Å². The molecule has 0 saturated carbocycles. The fraction of sp³-hybridized carbons (Fsp3) is 0.0870. The Morgan fingerprint density at radius 1 is 0.967 bits per heavy atom. The first-order chi connectivity index (χ1) is 14.3. The predicted octanol–water partition coefficient (Wildman–Crippen LogP) is 5.01. The van der Waals surface area contributed by atoms with Crippen LogP contribution in [0.1, 0.15) is 27.7 Å². The Labute approximate surface area is 179 Å². The third-order valence-corrected chi connectivity index (χ3v) is 6.19. The molecule has 0 radical (unpaired) electrons. The number of fused-ring (bicyclic) bond motifs is 1. The molecule has 30 heavy (non-hydrogen) atoms. The molecule has 1 atom stereocenters. The Bertz CT molecular complexity index is 1300. The number of nitrogens with one attached hydrogen (secondary N) is 1. The molecule has 3 aromatic carbocycles. The first-order valence-electron chi connectivity index (χ1n) is 9.17. The van der Waals surface area contributed by atoms with Gasteiger partial charge in [-0.15, -0.1) is 0 Å². The molecule has 0 bridgehead atoms. The lowest BCUT2D eigenvalue weighted by atomic mass is 10.0. The molecule has 0 fully saturated rings. The van der Waals surface area contributed by atoms with Crippen LogP contribution in [0.25, 0.3) is 11.0 Å². The smallest absolute Gasteiger partial charge is 0.253 e. The van der Waals surface area contributed by atoms with Gasteiger partial charge in [-0.3, -0.25) is 4.79 Å². The lowest BCUT2D eigenvalue weighted by Crippen LogP contribution is -2.29. The van der Waals surface area contributed by atoms with E-state index in [0.29, 0.717) is 11.3 Å². The van der Waals surface area contributed by atoms with Crippen LogP contribution in [0.3, 0.4) is 0 Å². The number of halogens is 1. The second kappa shape index (κ2) is 7.97. The minimum atomic E-state index is -3.48. The zero-order valence-corrected chi connectivity index (χ0v) is 17.6. The molecule has 1 unspecified atom stereocenters. The van der Waals surface area contributed by atoms with E-state index in [0.717, 1.165) is 17.2 Å². The summed E-state index contributed by atoms with van der Waals surface area (Å²) in [6.07, 6.45) is 1.08. The SMILES string of the molecule is CS(=O)(=O)c1ccc(Cl)c(C(=O)NC(c2ccccc2)c2cc3ccccc3o2)c1. The van der Waals surface area contributed by atoms with Crippen molar-refractivity contribution < 1.29 is 17.6 Å². The Hall–Kier alpha value is -3.09. The van der Waals surface area contributed by atoms with Crippen molar-refractivity contribution in [2.75, 3.05) is 6.26 Å². The van der Waals surface area contributed by atoms with Crippen molar-refractivity contribution in [3.63, 3.8) is 0 Å². The first-order valence-corrected chi connectivity index (χ1v) is 11.4. The molecule has 4 aromatic rings. The van der Waals surface area contributed by atoms with Crippen LogP contribution >= 0.6 is 11.6 Å². The van der Waals surface area contributed by atoms with Crippen LogP contribution in [-0.2, 0) is 9.84 Å². The van der Waals surface area contributed by atoms with Crippen molar-refractivity contribution in [2.24, 2.45) is 0 Å². The molecule has 5 nitrogen and oxygen atoms in total. The van der Waals surface area contributed by atoms with E-state index in [9.17, 15) is 13.2 Å². The van der Waals surface area contributed by atoms with Crippen LogP contribution in [0.4, 0.5) is 0 Å². The molecule has 152 valence electrons. The highest BCUT2D eigenvalue weighted by atomic mass is 35.5. The minimum absolute atomic E-state index is 0.0250. The van der Waals surface area contributed by atoms with E-state index in [1.807, 2.05) is 60.7 Å². The first kappa shape index (κ1) is 20.2. The average molecular weight is 440 g/mol. The summed E-state index contributed by atoms with van der Waals surface area (Å²) in [6, 6.07) is 22.3. The predicted molar refractivity (Wildman–Crippen MR) is 117 cm³/mol. The van der Waals surface area contributed by atoms with Gasteiger partial charge in [-0.05, 0) is 35.9 Å². The topological polar surface area (TPSA) is 76.4 Å². The van der Waals surface area contributed by atoms with Gasteiger partial charge in [0.05, 0.1) is 15.5 Å². The molecule has 4 rings (SSSR count). The summed E-state index contributed by atoms with van der Waals surface area (Å²) >= 11 is 6.20. The molecule has 0 spiro atoms. The number of benzene rings is 3. The highest BCUT2D eigenvalue weighted by Crippen LogP contribution is 2.29. The summed E-state index contributed by atoms with van der Waals surface area (Å²) in [7, 11) is -3.48. The highest BCUT2D eigenvalue weighted by molar-refractivity contribution is 7.90. The zero-order valence-electron chi connectivity index (χ0n) is 16.0. The molecule has 1 amide bonds. The Morgan fingerprint density at radius 3 is 2.37 bits per heavy atom. The lowest BCUT2D eigenvalue weighted by Gasteiger charge is -2.18. The summed E-state index contributed by atoms with van der Waals surface area (Å²) in [5, 5.41) is 4.01. The van der Waals surface area contributed by atoms with Crippen LogP contribution in [0, 0.1) is 0 Å². The second-order valence-electron chi connectivity index (χ2n) is 6.92. The van der Waals surface area contributed by atoms with Crippen molar-refractivity contribution in [3.8, 4) is 0 Å². The Balaban J connectivity index is 1.75. The normalized spacial score (nSPS) is 12.6. The summed E-state index contributed by atoms with van der Waals surface area (Å²) in [5.74, 6) is 0.0611. The summed E-state index contributed by atoms with van der Waals surface area (Å²) in [5.41, 5.74) is 1.61. The van der Waals surface area contributed by atoms with Crippen molar-refractivity contribution >= 4 is 38.3 Å². The number of rotatable bonds is 5. The van der Waals surface area contributed by atoms with Gasteiger partial charge in [-0.1, -0.05) is 60.1 Å². The fourth-order valence-electron chi connectivity index (χ4n) is 3.23. The van der Waals surface area contributed by atoms with Crippen molar-refractivity contribution in [1.82, 2.24) is 5.32 Å². The van der Waals surface area contributed by atoms with Crippen LogP contribution in [0.15, 0.2) is 88.2 Å². The second-order valence-corrected chi connectivity index (χ2v) is 9.34. The number of furan rings is 1. The number of amides is 1. The summed E-state index contributed by atoms with van der Waals surface area (Å²) in [4.78, 5) is 13.1. The quantitative estimate of drug-likeness (QED) is 0.474. The van der Waals surface area contributed by atoms with E-state index in [2.05, 4.69) is 5.32 Å². The van der Waals surface area contributed by atoms with Gasteiger partial charge < -0.3 is 9.73 Å². The Kier molecular flexibility index (Phi) is 5.37. The van der Waals surface area contributed by atoms with E-state index in [-0.39, 0.29) is 15.5 Å². The van der Waals surface area contributed by atoms with Gasteiger partial charge in [0.1, 0.15) is 17.4 Å². The maximum absolute atomic E-state index is 13.1. The van der Waals surface area contributed by atoms with Crippen LogP contribution in [0.2, 0.25) is 5.02 Å². The molecule has 0 saturated heterocycles. The molecule has 1 heterocycles. The lowest BCUT2D eigenvalue weighted by molar-refractivity contribution is 0.0939. The standard InChI is InChI=1S/C23H18ClNO4S/c1-30(27,28)17-11-12-19(24)18(14-17)23(26)25-22(15-7-3-2-4-8-15)21-13-16-9-5-6-10-20(16)29-21/h2-14,22H,1H3,(H,25,26). The summed E-state index contributed by atoms with van der Waals surface area (Å²) < 4.78 is 29.8. The van der Waals surface area contributed by atoms with Gasteiger partial charge in [0.2, 0.25) is 0 Å². The van der Waals surface area contributed by atoms with E-state index >= 15 is 0 Å². The number of carbonyl (C=O) groups is 1. The van der Waals surface area contributed by atoms with Crippen molar-refractivity contribution in [3.05, 3.63) is 101 Å². The van der Waals surface area contributed by atoms with E-state index in [1.54, 1.807) is 0 Å². The number of sulfone groups is 1. The fourth-order valence-corrected chi connectivity index (χ4v) is 4.08. The number of para-hydroxylation sites is 1. The summed E-state index contributed by atoms with van der Waals surface area (Å²) in [6.45, 7) is 0. The molecular weight excluding hydrogens is 422 g/mol. The van der Waals surface area contributed by atoms with E-state index in [1.165, 1.54) is 18.2 Å². The maximum atomic E-state index is 13.1. The van der Waals surface area contributed by atoms with Gasteiger partial charge in [-0.2, -0.15) is 0 Å². The van der Waals surface area contributed by atoms with Gasteiger partial charge in [0, 0.05) is 11.6 Å². The van der Waals surface area contributed by atoms with Crippen LogP contribution in [0.5, 0.6) is 0 Å². The minimum Gasteiger partial charge on any atom is -0.459 e. The molecule has 1 aromatic heterocycles. The monoisotopic (exact) mass is 439 g/mol. The van der Waals surface area contributed by atoms with Crippen molar-refractivity contribution in [1.29, 1.82) is 0 Å². The Morgan fingerprint density at radius 2 is 1.67 bits per heavy atom. The van der Waals surface area contributed by atoms with Gasteiger partial charge in [-0.25, -0.2) is 8.42 Å².